The summed E-state index contributed by atoms with van der Waals surface area (Å²) < 4.78 is 0. The molecule has 1 aliphatic rings. The molecule has 1 amide bonds. The largest absolute Gasteiger partial charge is 0.324 e. The van der Waals surface area contributed by atoms with Gasteiger partial charge in [-0.1, -0.05) is 24.3 Å². The van der Waals surface area contributed by atoms with Crippen LogP contribution in [0, 0.1) is 0 Å². The van der Waals surface area contributed by atoms with Crippen LogP contribution in [-0.2, 0) is 4.79 Å². The number of benzene rings is 1. The van der Waals surface area contributed by atoms with Gasteiger partial charge < -0.3 is 5.32 Å². The average molecular weight is 214 g/mol. The molecule has 1 heterocycles. The number of carbonyl (C=O) groups is 1. The lowest BCUT2D eigenvalue weighted by molar-refractivity contribution is -0.114. The van der Waals surface area contributed by atoms with E-state index in [4.69, 9.17) is 0 Å². The third kappa shape index (κ3) is 2.19. The van der Waals surface area contributed by atoms with Crippen LogP contribution in [0.4, 0.5) is 5.69 Å². The first kappa shape index (κ1) is 10.6. The number of hydrogen-bond donors (Lipinski definition) is 1. The molecule has 0 unspecified atom stereocenters. The fraction of sp³-hybridized carbons (Fsp3) is 0.231. The molecule has 3 nitrogen and oxygen atoms in total. The van der Waals surface area contributed by atoms with Gasteiger partial charge in [-0.15, -0.1) is 6.58 Å². The Morgan fingerprint density at radius 3 is 3.06 bits per heavy atom. The lowest BCUT2D eigenvalue weighted by Crippen LogP contribution is -2.13. The van der Waals surface area contributed by atoms with E-state index in [1.165, 1.54) is 0 Å². The Hall–Kier alpha value is -1.90. The lowest BCUT2D eigenvalue weighted by atomic mass is 10.0. The van der Waals surface area contributed by atoms with E-state index in [0.29, 0.717) is 0 Å². The zero-order valence-electron chi connectivity index (χ0n) is 9.07. The van der Waals surface area contributed by atoms with Gasteiger partial charge in [0, 0.05) is 17.0 Å². The molecular weight excluding hydrogens is 200 g/mol. The second kappa shape index (κ2) is 4.75. The maximum atomic E-state index is 11.4. The Morgan fingerprint density at radius 2 is 2.25 bits per heavy atom. The molecule has 0 aliphatic carbocycles. The fourth-order valence-electron chi connectivity index (χ4n) is 1.74. The van der Waals surface area contributed by atoms with Gasteiger partial charge in [0.25, 0.3) is 0 Å². The zero-order valence-corrected chi connectivity index (χ0v) is 9.07. The number of anilines is 1. The standard InChI is InChI=1S/C13H14N2O/c1-2-3-7-11-10-6-4-5-8-12(10)15-13(16)9-14-11/h2,4-6,8H,1,3,7,9H2,(H,15,16). The van der Waals surface area contributed by atoms with Gasteiger partial charge in [-0.25, -0.2) is 0 Å². The van der Waals surface area contributed by atoms with Gasteiger partial charge in [-0.3, -0.25) is 9.79 Å². The van der Waals surface area contributed by atoms with E-state index < -0.39 is 0 Å². The zero-order chi connectivity index (χ0) is 11.4. The summed E-state index contributed by atoms with van der Waals surface area (Å²) in [6, 6.07) is 7.76. The van der Waals surface area contributed by atoms with Crippen LogP contribution in [0.3, 0.4) is 0 Å². The minimum Gasteiger partial charge on any atom is -0.324 e. The molecule has 1 N–H and O–H groups in total. The molecule has 1 aliphatic heterocycles. The van der Waals surface area contributed by atoms with Crippen LogP contribution in [0.5, 0.6) is 0 Å². The molecule has 0 aromatic heterocycles. The summed E-state index contributed by atoms with van der Waals surface area (Å²) in [5.74, 6) is -0.0546. The summed E-state index contributed by atoms with van der Waals surface area (Å²) in [6.45, 7) is 3.91. The Balaban J connectivity index is 2.36. The van der Waals surface area contributed by atoms with Crippen molar-refractivity contribution in [2.75, 3.05) is 11.9 Å². The van der Waals surface area contributed by atoms with Crippen molar-refractivity contribution in [3.8, 4) is 0 Å². The number of allylic oxidation sites excluding steroid dienone is 1. The third-order valence-electron chi connectivity index (χ3n) is 2.51. The van der Waals surface area contributed by atoms with Crippen LogP contribution >= 0.6 is 0 Å². The number of amides is 1. The molecule has 0 spiro atoms. The van der Waals surface area contributed by atoms with Crippen LogP contribution in [0.2, 0.25) is 0 Å². The summed E-state index contributed by atoms with van der Waals surface area (Å²) >= 11 is 0. The minimum absolute atomic E-state index is 0.0546. The van der Waals surface area contributed by atoms with Crippen LogP contribution in [0.25, 0.3) is 0 Å². The highest BCUT2D eigenvalue weighted by atomic mass is 16.1. The Kier molecular flexibility index (Phi) is 3.15. The lowest BCUT2D eigenvalue weighted by Gasteiger charge is -2.08. The molecule has 0 radical (unpaired) electrons. The van der Waals surface area contributed by atoms with Crippen molar-refractivity contribution in [1.29, 1.82) is 0 Å². The molecule has 1 aromatic carbocycles. The minimum atomic E-state index is -0.0546. The quantitative estimate of drug-likeness (QED) is 0.771. The third-order valence-corrected chi connectivity index (χ3v) is 2.51. The maximum absolute atomic E-state index is 11.4. The highest BCUT2D eigenvalue weighted by Gasteiger charge is 2.14. The number of rotatable bonds is 3. The number of nitrogens with one attached hydrogen (secondary N) is 1. The van der Waals surface area contributed by atoms with E-state index in [2.05, 4.69) is 16.9 Å². The smallest absolute Gasteiger partial charge is 0.246 e. The second-order valence-corrected chi connectivity index (χ2v) is 3.68. The van der Waals surface area contributed by atoms with Gasteiger partial charge in [-0.05, 0) is 18.9 Å². The van der Waals surface area contributed by atoms with Crippen molar-refractivity contribution < 1.29 is 4.79 Å². The van der Waals surface area contributed by atoms with Gasteiger partial charge in [0.15, 0.2) is 0 Å². The van der Waals surface area contributed by atoms with Crippen LogP contribution in [-0.4, -0.2) is 18.2 Å². The van der Waals surface area contributed by atoms with Gasteiger partial charge in [0.1, 0.15) is 6.54 Å². The van der Waals surface area contributed by atoms with Crippen molar-refractivity contribution in [2.45, 2.75) is 12.8 Å². The predicted octanol–water partition coefficient (Wildman–Crippen LogP) is 2.39. The van der Waals surface area contributed by atoms with Gasteiger partial charge in [-0.2, -0.15) is 0 Å². The summed E-state index contributed by atoms with van der Waals surface area (Å²) in [6.07, 6.45) is 3.57. The summed E-state index contributed by atoms with van der Waals surface area (Å²) in [5, 5.41) is 2.85. The summed E-state index contributed by atoms with van der Waals surface area (Å²) in [5.41, 5.74) is 2.86. The molecule has 1 aromatic rings. The number of benzodiazepines with no additional fused rings is 1. The molecule has 0 bridgehead atoms. The molecule has 0 atom stereocenters. The molecule has 3 heteroatoms. The molecule has 16 heavy (non-hydrogen) atoms. The topological polar surface area (TPSA) is 41.5 Å². The Labute approximate surface area is 94.9 Å². The fourth-order valence-corrected chi connectivity index (χ4v) is 1.74. The number of nitrogens with zero attached hydrogens (tertiary/aromatic N) is 1. The number of para-hydroxylation sites is 1. The van der Waals surface area contributed by atoms with Gasteiger partial charge in [0.05, 0.1) is 0 Å². The van der Waals surface area contributed by atoms with Crippen LogP contribution in [0.1, 0.15) is 18.4 Å². The molecule has 0 saturated heterocycles. The van der Waals surface area contributed by atoms with E-state index in [1.54, 1.807) is 0 Å². The summed E-state index contributed by atoms with van der Waals surface area (Å²) in [4.78, 5) is 15.8. The molecule has 0 fully saturated rings. The van der Waals surface area contributed by atoms with Gasteiger partial charge >= 0.3 is 0 Å². The van der Waals surface area contributed by atoms with Crippen LogP contribution < -0.4 is 5.32 Å². The van der Waals surface area contributed by atoms with E-state index in [1.807, 2.05) is 30.3 Å². The van der Waals surface area contributed by atoms with Crippen molar-refractivity contribution in [3.05, 3.63) is 42.5 Å². The number of hydrogen-bond acceptors (Lipinski definition) is 2. The van der Waals surface area contributed by atoms with E-state index in [-0.39, 0.29) is 12.5 Å². The first-order valence-corrected chi connectivity index (χ1v) is 5.34. The maximum Gasteiger partial charge on any atom is 0.246 e. The number of fused-ring (bicyclic) bond motifs is 1. The summed E-state index contributed by atoms with van der Waals surface area (Å²) in [7, 11) is 0. The highest BCUT2D eigenvalue weighted by Crippen LogP contribution is 2.20. The monoisotopic (exact) mass is 214 g/mol. The van der Waals surface area contributed by atoms with Crippen molar-refractivity contribution in [1.82, 2.24) is 0 Å². The molecule has 82 valence electrons. The molecule has 0 saturated carbocycles. The van der Waals surface area contributed by atoms with Crippen molar-refractivity contribution in [3.63, 3.8) is 0 Å². The Morgan fingerprint density at radius 1 is 1.44 bits per heavy atom. The molecular formula is C13H14N2O. The average Bonchev–Trinajstić information content (AvgIpc) is 2.45. The van der Waals surface area contributed by atoms with Crippen molar-refractivity contribution in [2.24, 2.45) is 4.99 Å². The first-order valence-electron chi connectivity index (χ1n) is 5.34. The second-order valence-electron chi connectivity index (χ2n) is 3.68. The van der Waals surface area contributed by atoms with Gasteiger partial charge in [0.2, 0.25) is 5.91 Å². The van der Waals surface area contributed by atoms with Crippen LogP contribution in [0.15, 0.2) is 41.9 Å². The molecule has 2 rings (SSSR count). The van der Waals surface area contributed by atoms with Crippen molar-refractivity contribution >= 4 is 17.3 Å². The highest BCUT2D eigenvalue weighted by molar-refractivity contribution is 6.10. The number of carbonyl (C=O) groups excluding carboxylic acids is 1. The first-order chi connectivity index (χ1) is 7.81. The van der Waals surface area contributed by atoms with E-state index in [0.717, 1.165) is 29.8 Å². The predicted molar refractivity (Wildman–Crippen MR) is 65.9 cm³/mol. The SMILES string of the molecule is C=CCCC1=NCC(=O)Nc2ccccc21. The Bertz CT molecular complexity index is 449. The normalized spacial score (nSPS) is 14.5. The van der Waals surface area contributed by atoms with E-state index in [9.17, 15) is 4.79 Å². The van der Waals surface area contributed by atoms with E-state index >= 15 is 0 Å². The number of aliphatic imine (C=N–C) groups is 1.